The molecule has 1 saturated heterocycles. The van der Waals surface area contributed by atoms with Gasteiger partial charge in [0.1, 0.15) is 5.82 Å². The standard InChI is InChI=1S/C13H18ClFN2O/c14-12-4-3-11(15)6-10(12)7-13(17-16)9-2-1-5-18-8-9/h3-4,6,9,13,17H,1-2,5,7-8,16H2. The highest BCUT2D eigenvalue weighted by Gasteiger charge is 2.24. The van der Waals surface area contributed by atoms with Gasteiger partial charge >= 0.3 is 0 Å². The van der Waals surface area contributed by atoms with E-state index in [1.54, 1.807) is 6.07 Å². The summed E-state index contributed by atoms with van der Waals surface area (Å²) in [4.78, 5) is 0. The van der Waals surface area contributed by atoms with Crippen LogP contribution in [0.4, 0.5) is 4.39 Å². The molecule has 0 amide bonds. The molecule has 1 aromatic rings. The van der Waals surface area contributed by atoms with Crippen molar-refractivity contribution < 1.29 is 9.13 Å². The highest BCUT2D eigenvalue weighted by atomic mass is 35.5. The third-order valence-corrected chi connectivity index (χ3v) is 3.79. The number of ether oxygens (including phenoxy) is 1. The minimum Gasteiger partial charge on any atom is -0.381 e. The average Bonchev–Trinajstić information content (AvgIpc) is 2.41. The molecule has 2 rings (SSSR count). The fourth-order valence-corrected chi connectivity index (χ4v) is 2.58. The number of rotatable bonds is 4. The molecule has 1 aliphatic heterocycles. The molecule has 100 valence electrons. The Balaban J connectivity index is 2.06. The summed E-state index contributed by atoms with van der Waals surface area (Å²) in [5.74, 6) is 5.67. The predicted octanol–water partition coefficient (Wildman–Crippen LogP) is 2.28. The summed E-state index contributed by atoms with van der Waals surface area (Å²) < 4.78 is 18.7. The Hall–Kier alpha value is -0.680. The number of hydrogen-bond acceptors (Lipinski definition) is 3. The van der Waals surface area contributed by atoms with E-state index in [0.29, 0.717) is 24.0 Å². The summed E-state index contributed by atoms with van der Waals surface area (Å²) in [6.07, 6.45) is 2.72. The fourth-order valence-electron chi connectivity index (χ4n) is 2.38. The topological polar surface area (TPSA) is 47.3 Å². The third kappa shape index (κ3) is 3.42. The summed E-state index contributed by atoms with van der Waals surface area (Å²) in [6, 6.07) is 4.47. The zero-order chi connectivity index (χ0) is 13.0. The van der Waals surface area contributed by atoms with Crippen LogP contribution >= 0.6 is 11.6 Å². The predicted molar refractivity (Wildman–Crippen MR) is 69.8 cm³/mol. The second kappa shape index (κ2) is 6.48. The van der Waals surface area contributed by atoms with Crippen LogP contribution in [0.2, 0.25) is 5.02 Å². The number of hydrogen-bond donors (Lipinski definition) is 2. The lowest BCUT2D eigenvalue weighted by molar-refractivity contribution is 0.0393. The lowest BCUT2D eigenvalue weighted by atomic mass is 9.89. The maximum absolute atomic E-state index is 13.2. The maximum Gasteiger partial charge on any atom is 0.123 e. The van der Waals surface area contributed by atoms with Crippen molar-refractivity contribution in [1.29, 1.82) is 0 Å². The molecule has 0 aromatic heterocycles. The minimum absolute atomic E-state index is 0.0598. The zero-order valence-electron chi connectivity index (χ0n) is 10.2. The van der Waals surface area contributed by atoms with Gasteiger partial charge in [-0.2, -0.15) is 0 Å². The summed E-state index contributed by atoms with van der Waals surface area (Å²) in [6.45, 7) is 1.51. The molecule has 5 heteroatoms. The monoisotopic (exact) mass is 272 g/mol. The normalized spacial score (nSPS) is 21.8. The van der Waals surface area contributed by atoms with E-state index in [0.717, 1.165) is 25.0 Å². The van der Waals surface area contributed by atoms with Crippen molar-refractivity contribution in [3.8, 4) is 0 Å². The second-order valence-corrected chi connectivity index (χ2v) is 5.10. The first-order valence-corrected chi connectivity index (χ1v) is 6.56. The molecule has 3 nitrogen and oxygen atoms in total. The largest absolute Gasteiger partial charge is 0.381 e. The summed E-state index contributed by atoms with van der Waals surface area (Å²) in [5, 5.41) is 0.577. The summed E-state index contributed by atoms with van der Waals surface area (Å²) in [7, 11) is 0. The van der Waals surface area contributed by atoms with Crippen molar-refractivity contribution >= 4 is 11.6 Å². The molecule has 1 fully saturated rings. The summed E-state index contributed by atoms with van der Waals surface area (Å²) in [5.41, 5.74) is 3.59. The fraction of sp³-hybridized carbons (Fsp3) is 0.538. The molecule has 0 aliphatic carbocycles. The first-order chi connectivity index (χ1) is 8.70. The van der Waals surface area contributed by atoms with E-state index in [4.69, 9.17) is 22.2 Å². The molecule has 18 heavy (non-hydrogen) atoms. The number of nitrogens with one attached hydrogen (secondary N) is 1. The number of hydrazine groups is 1. The highest BCUT2D eigenvalue weighted by Crippen LogP contribution is 2.24. The zero-order valence-corrected chi connectivity index (χ0v) is 10.9. The van der Waals surface area contributed by atoms with Crippen molar-refractivity contribution in [2.45, 2.75) is 25.3 Å². The lowest BCUT2D eigenvalue weighted by Crippen LogP contribution is -2.45. The Morgan fingerprint density at radius 3 is 3.06 bits per heavy atom. The second-order valence-electron chi connectivity index (χ2n) is 4.69. The smallest absolute Gasteiger partial charge is 0.123 e. The Morgan fingerprint density at radius 2 is 2.39 bits per heavy atom. The molecular formula is C13H18ClFN2O. The molecule has 2 unspecified atom stereocenters. The van der Waals surface area contributed by atoms with Gasteiger partial charge in [-0.25, -0.2) is 4.39 Å². The van der Waals surface area contributed by atoms with E-state index in [9.17, 15) is 4.39 Å². The van der Waals surface area contributed by atoms with Crippen LogP contribution in [0, 0.1) is 11.7 Å². The maximum atomic E-state index is 13.2. The summed E-state index contributed by atoms with van der Waals surface area (Å²) >= 11 is 6.07. The van der Waals surface area contributed by atoms with Crippen molar-refractivity contribution in [2.24, 2.45) is 11.8 Å². The van der Waals surface area contributed by atoms with Crippen LogP contribution in [0.5, 0.6) is 0 Å². The van der Waals surface area contributed by atoms with Gasteiger partial charge < -0.3 is 4.74 Å². The Bertz CT molecular complexity index is 397. The molecule has 0 saturated carbocycles. The molecule has 1 aromatic carbocycles. The van der Waals surface area contributed by atoms with Gasteiger partial charge in [-0.3, -0.25) is 11.3 Å². The molecule has 3 N–H and O–H groups in total. The first-order valence-electron chi connectivity index (χ1n) is 6.18. The van der Waals surface area contributed by atoms with E-state index < -0.39 is 0 Å². The van der Waals surface area contributed by atoms with Crippen molar-refractivity contribution in [3.05, 3.63) is 34.6 Å². The van der Waals surface area contributed by atoms with E-state index in [1.807, 2.05) is 0 Å². The molecule has 0 radical (unpaired) electrons. The van der Waals surface area contributed by atoms with Crippen LogP contribution < -0.4 is 11.3 Å². The third-order valence-electron chi connectivity index (χ3n) is 3.43. The molecule has 1 heterocycles. The van der Waals surface area contributed by atoms with Crippen LogP contribution in [0.3, 0.4) is 0 Å². The molecular weight excluding hydrogens is 255 g/mol. The van der Waals surface area contributed by atoms with Crippen LogP contribution in [-0.2, 0) is 11.2 Å². The van der Waals surface area contributed by atoms with Gasteiger partial charge in [0.15, 0.2) is 0 Å². The van der Waals surface area contributed by atoms with Gasteiger partial charge in [0.05, 0.1) is 6.61 Å². The number of nitrogens with two attached hydrogens (primary N) is 1. The van der Waals surface area contributed by atoms with Crippen LogP contribution in [0.15, 0.2) is 18.2 Å². The molecule has 2 atom stereocenters. The molecule has 1 aliphatic rings. The van der Waals surface area contributed by atoms with Crippen LogP contribution in [0.25, 0.3) is 0 Å². The van der Waals surface area contributed by atoms with Gasteiger partial charge in [0.25, 0.3) is 0 Å². The lowest BCUT2D eigenvalue weighted by Gasteiger charge is -2.30. The minimum atomic E-state index is -0.273. The van der Waals surface area contributed by atoms with Gasteiger partial charge in [0.2, 0.25) is 0 Å². The number of benzene rings is 1. The van der Waals surface area contributed by atoms with Crippen molar-refractivity contribution in [1.82, 2.24) is 5.43 Å². The SMILES string of the molecule is NNC(Cc1cc(F)ccc1Cl)C1CCCOC1. The number of halogens is 2. The quantitative estimate of drug-likeness (QED) is 0.653. The van der Waals surface area contributed by atoms with Gasteiger partial charge in [-0.1, -0.05) is 11.6 Å². The van der Waals surface area contributed by atoms with Crippen LogP contribution in [0.1, 0.15) is 18.4 Å². The van der Waals surface area contributed by atoms with Gasteiger partial charge in [0, 0.05) is 17.7 Å². The average molecular weight is 273 g/mol. The van der Waals surface area contributed by atoms with E-state index in [2.05, 4.69) is 5.43 Å². The van der Waals surface area contributed by atoms with Gasteiger partial charge in [-0.05, 0) is 48.9 Å². The van der Waals surface area contributed by atoms with Crippen LogP contribution in [-0.4, -0.2) is 19.3 Å². The molecule has 0 bridgehead atoms. The molecule has 0 spiro atoms. The van der Waals surface area contributed by atoms with E-state index in [1.165, 1.54) is 12.1 Å². The van der Waals surface area contributed by atoms with E-state index in [-0.39, 0.29) is 11.9 Å². The van der Waals surface area contributed by atoms with Crippen molar-refractivity contribution in [3.63, 3.8) is 0 Å². The van der Waals surface area contributed by atoms with Gasteiger partial charge in [-0.15, -0.1) is 0 Å². The Labute approximate surface area is 111 Å². The van der Waals surface area contributed by atoms with E-state index >= 15 is 0 Å². The highest BCUT2D eigenvalue weighted by molar-refractivity contribution is 6.31. The van der Waals surface area contributed by atoms with Crippen molar-refractivity contribution in [2.75, 3.05) is 13.2 Å². The Kier molecular flexibility index (Phi) is 4.95. The first kappa shape index (κ1) is 13.7. The Morgan fingerprint density at radius 1 is 1.56 bits per heavy atom.